The normalized spacial score (nSPS) is 13.4. The van der Waals surface area contributed by atoms with Crippen molar-refractivity contribution in [3.63, 3.8) is 0 Å². The molecule has 1 aromatic heterocycles. The topological polar surface area (TPSA) is 44.2 Å². The van der Waals surface area contributed by atoms with E-state index in [1.807, 2.05) is 0 Å². The fourth-order valence-corrected chi connectivity index (χ4v) is 13.1. The molecule has 0 aliphatic heterocycles. The Morgan fingerprint density at radius 3 is 1.29 bits per heavy atom. The number of nitrogens with zero attached hydrogens (tertiary/aromatic N) is 2. The lowest BCUT2D eigenvalue weighted by molar-refractivity contribution is 0.105. The van der Waals surface area contributed by atoms with Crippen molar-refractivity contribution >= 4 is 30.5 Å². The highest BCUT2D eigenvalue weighted by molar-refractivity contribution is 8.01. The van der Waals surface area contributed by atoms with Gasteiger partial charge in [-0.1, -0.05) is 172 Å². The molecule has 0 aliphatic rings. The number of hydrogen-bond donors (Lipinski definition) is 0. The van der Waals surface area contributed by atoms with Crippen LogP contribution < -0.4 is 15.1 Å². The average molecular weight is 667 g/mol. The Labute approximate surface area is 290 Å². The molecule has 0 unspecified atom stereocenters. The molecule has 6 heteroatoms. The van der Waals surface area contributed by atoms with E-state index in [4.69, 9.17) is 9.16 Å². The lowest BCUT2D eigenvalue weighted by atomic mass is 9.84. The van der Waals surface area contributed by atoms with Crippen LogP contribution in [0.1, 0.15) is 44.4 Å². The van der Waals surface area contributed by atoms with Crippen LogP contribution in [0, 0.1) is 0 Å². The largest absolute Gasteiger partial charge is 0.457 e. The third-order valence-corrected chi connectivity index (χ3v) is 15.7. The maximum atomic E-state index is 7.95. The Balaban J connectivity index is 1.61. The molecule has 4 nitrogen and oxygen atoms in total. The van der Waals surface area contributed by atoms with Crippen molar-refractivity contribution < 1.29 is 9.16 Å². The van der Waals surface area contributed by atoms with Crippen molar-refractivity contribution in [3.8, 4) is 6.01 Å². The smallest absolute Gasteiger partial charge is 0.316 e. The van der Waals surface area contributed by atoms with Gasteiger partial charge in [0.25, 0.3) is 8.32 Å². The first kappa shape index (κ1) is 33.4. The van der Waals surface area contributed by atoms with Gasteiger partial charge in [-0.15, -0.1) is 11.8 Å². The molecule has 0 amide bonds. The monoisotopic (exact) mass is 666 g/mol. The van der Waals surface area contributed by atoms with E-state index in [2.05, 4.69) is 189 Å². The molecule has 0 spiro atoms. The van der Waals surface area contributed by atoms with Gasteiger partial charge in [0, 0.05) is 12.4 Å². The van der Waals surface area contributed by atoms with E-state index in [1.165, 1.54) is 10.4 Å². The number of ether oxygens (including phenoxy) is 1. The molecule has 0 N–H and O–H groups in total. The predicted octanol–water partition coefficient (Wildman–Crippen LogP) is 8.87. The second-order valence-electron chi connectivity index (χ2n) is 12.9. The molecule has 2 atom stereocenters. The van der Waals surface area contributed by atoms with Crippen LogP contribution in [0.2, 0.25) is 5.04 Å². The third-order valence-electron chi connectivity index (χ3n) is 8.76. The van der Waals surface area contributed by atoms with Crippen LogP contribution in [0.4, 0.5) is 0 Å². The van der Waals surface area contributed by atoms with E-state index < -0.39 is 24.6 Å². The van der Waals surface area contributed by atoms with Gasteiger partial charge in [-0.05, 0) is 45.1 Å². The van der Waals surface area contributed by atoms with Crippen LogP contribution in [-0.4, -0.2) is 29.8 Å². The fraction of sp³-hybridized carbons (Fsp3) is 0.190. The van der Waals surface area contributed by atoms with Gasteiger partial charge in [-0.2, -0.15) is 0 Å². The van der Waals surface area contributed by atoms with E-state index in [0.717, 1.165) is 16.7 Å². The van der Waals surface area contributed by atoms with Crippen molar-refractivity contribution in [1.82, 2.24) is 9.97 Å². The SMILES string of the molecule is C[C@H](Oc1ncccn1)[C@@H](O[Si](c1ccccc1)(c1ccccc1)C(C)(C)C)SC(c1ccccc1)(c1ccccc1)c1ccccc1. The minimum Gasteiger partial charge on any atom is -0.457 e. The average Bonchev–Trinajstić information content (AvgIpc) is 3.13. The van der Waals surface area contributed by atoms with Gasteiger partial charge >= 0.3 is 6.01 Å². The standard InChI is InChI=1S/C42H42N2O2SSi/c1-33(45-40-43-31-20-32-44-40)39(46-48(41(2,3)4,37-27-16-8-17-28-37)38-29-18-9-19-30-38)47-42(34-21-10-5-11-22-34,35-23-12-6-13-24-35)36-25-14-7-15-26-36/h5-33,39H,1-4H3/t33-,39-/m0/s1. The quantitative estimate of drug-likeness (QED) is 0.0742. The van der Waals surface area contributed by atoms with Gasteiger partial charge in [0.1, 0.15) is 11.5 Å². The summed E-state index contributed by atoms with van der Waals surface area (Å²) in [5.74, 6) is 0. The minimum absolute atomic E-state index is 0.244. The Kier molecular flexibility index (Phi) is 10.3. The number of benzene rings is 5. The summed E-state index contributed by atoms with van der Waals surface area (Å²) in [7, 11) is -3.04. The molecule has 1 heterocycles. The zero-order chi connectivity index (χ0) is 33.5. The summed E-state index contributed by atoms with van der Waals surface area (Å²) in [6, 6.07) is 55.9. The van der Waals surface area contributed by atoms with Crippen molar-refractivity contribution in [3.05, 3.63) is 187 Å². The summed E-state index contributed by atoms with van der Waals surface area (Å²) in [6.07, 6.45) is 2.99. The molecule has 242 valence electrons. The molecule has 0 saturated carbocycles. The van der Waals surface area contributed by atoms with Gasteiger partial charge in [0.15, 0.2) is 0 Å². The number of thioether (sulfide) groups is 1. The third kappa shape index (κ3) is 6.74. The van der Waals surface area contributed by atoms with E-state index >= 15 is 0 Å². The van der Waals surface area contributed by atoms with Crippen LogP contribution >= 0.6 is 11.8 Å². The van der Waals surface area contributed by atoms with Crippen molar-refractivity contribution in [2.24, 2.45) is 0 Å². The molecule has 0 saturated heterocycles. The first-order chi connectivity index (χ1) is 23.3. The molecule has 0 aliphatic carbocycles. The van der Waals surface area contributed by atoms with Crippen LogP contribution in [0.15, 0.2) is 170 Å². The summed E-state index contributed by atoms with van der Waals surface area (Å²) in [4.78, 5) is 8.89. The molecule has 0 fully saturated rings. The summed E-state index contributed by atoms with van der Waals surface area (Å²) in [5.41, 5.74) is 3.01. The highest BCUT2D eigenvalue weighted by atomic mass is 32.2. The molecular formula is C42H42N2O2SSi. The highest BCUT2D eigenvalue weighted by Crippen LogP contribution is 2.52. The van der Waals surface area contributed by atoms with Gasteiger partial charge < -0.3 is 9.16 Å². The van der Waals surface area contributed by atoms with Crippen LogP contribution in [0.3, 0.4) is 0 Å². The summed E-state index contributed by atoms with van der Waals surface area (Å²) in [5, 5.41) is 2.18. The van der Waals surface area contributed by atoms with E-state index in [0.29, 0.717) is 6.01 Å². The molecular weight excluding hydrogens is 625 g/mol. The minimum atomic E-state index is -3.04. The van der Waals surface area contributed by atoms with Gasteiger partial charge in [0.2, 0.25) is 0 Å². The van der Waals surface area contributed by atoms with E-state index in [-0.39, 0.29) is 5.04 Å². The second kappa shape index (κ2) is 14.7. The van der Waals surface area contributed by atoms with Crippen LogP contribution in [0.5, 0.6) is 6.01 Å². The Morgan fingerprint density at radius 2 is 0.917 bits per heavy atom. The predicted molar refractivity (Wildman–Crippen MR) is 201 cm³/mol. The second-order valence-corrected chi connectivity index (χ2v) is 18.5. The van der Waals surface area contributed by atoms with Gasteiger partial charge in [-0.3, -0.25) is 0 Å². The molecule has 6 aromatic rings. The van der Waals surface area contributed by atoms with E-state index in [9.17, 15) is 0 Å². The lowest BCUT2D eigenvalue weighted by Crippen LogP contribution is -2.68. The maximum Gasteiger partial charge on any atom is 0.316 e. The van der Waals surface area contributed by atoms with Crippen molar-refractivity contribution in [1.29, 1.82) is 0 Å². The van der Waals surface area contributed by atoms with Crippen LogP contribution in [0.25, 0.3) is 0 Å². The summed E-state index contributed by atoms with van der Waals surface area (Å²) < 4.78 is 13.9. The molecule has 5 aromatic carbocycles. The summed E-state index contributed by atoms with van der Waals surface area (Å²) in [6.45, 7) is 9.01. The van der Waals surface area contributed by atoms with E-state index in [1.54, 1.807) is 30.2 Å². The molecule has 0 radical (unpaired) electrons. The van der Waals surface area contributed by atoms with Crippen molar-refractivity contribution in [2.75, 3.05) is 0 Å². The fourth-order valence-electron chi connectivity index (χ4n) is 6.55. The zero-order valence-corrected chi connectivity index (χ0v) is 29.8. The van der Waals surface area contributed by atoms with Crippen molar-refractivity contribution in [2.45, 2.75) is 49.0 Å². The Hall–Kier alpha value is -4.49. The summed E-state index contributed by atoms with van der Waals surface area (Å²) >= 11 is 1.79. The lowest BCUT2D eigenvalue weighted by Gasteiger charge is -2.47. The van der Waals surface area contributed by atoms with Crippen LogP contribution in [-0.2, 0) is 9.17 Å². The zero-order valence-electron chi connectivity index (χ0n) is 27.9. The Morgan fingerprint density at radius 1 is 0.542 bits per heavy atom. The maximum absolute atomic E-state index is 7.95. The van der Waals surface area contributed by atoms with Gasteiger partial charge in [-0.25, -0.2) is 9.97 Å². The number of rotatable bonds is 12. The Bertz CT molecular complexity index is 1700. The number of aromatic nitrogens is 2. The molecule has 0 bridgehead atoms. The van der Waals surface area contributed by atoms with Gasteiger partial charge in [0.05, 0.1) is 4.75 Å². The highest BCUT2D eigenvalue weighted by Gasteiger charge is 2.54. The first-order valence-corrected chi connectivity index (χ1v) is 19.2. The first-order valence-electron chi connectivity index (χ1n) is 16.4. The number of hydrogen-bond acceptors (Lipinski definition) is 5. The molecule has 48 heavy (non-hydrogen) atoms. The molecule has 6 rings (SSSR count).